The molecule has 1 aromatic heterocycles. The highest BCUT2D eigenvalue weighted by Crippen LogP contribution is 2.27. The smallest absolute Gasteiger partial charge is 0.356 e. The largest absolute Gasteiger partial charge is 0.461 e. The van der Waals surface area contributed by atoms with E-state index in [-0.39, 0.29) is 23.0 Å². The fraction of sp³-hybridized carbons (Fsp3) is 0.231. The predicted octanol–water partition coefficient (Wildman–Crippen LogP) is 1.55. The Labute approximate surface area is 136 Å². The zero-order valence-corrected chi connectivity index (χ0v) is 13.7. The lowest BCUT2D eigenvalue weighted by molar-refractivity contribution is 0.0519. The van der Waals surface area contributed by atoms with Crippen LogP contribution in [0.4, 0.5) is 0 Å². The third kappa shape index (κ3) is 3.46. The number of carbonyl (C=O) groups is 1. The molecular formula is C13H13ClN2O6S. The molecule has 0 unspecified atom stereocenters. The Hall–Kier alpha value is -2.10. The molecule has 1 aromatic carbocycles. The monoisotopic (exact) mass is 360 g/mol. The fourth-order valence-electron chi connectivity index (χ4n) is 2.01. The van der Waals surface area contributed by atoms with Crippen molar-refractivity contribution in [2.24, 2.45) is 0 Å². The third-order valence-corrected chi connectivity index (χ3v) is 4.08. The topological polar surface area (TPSA) is 118 Å². The van der Waals surface area contributed by atoms with Crippen LogP contribution in [0, 0.1) is 6.92 Å². The lowest BCUT2D eigenvalue weighted by atomic mass is 10.2. The van der Waals surface area contributed by atoms with Crippen LogP contribution >= 0.6 is 11.6 Å². The molecule has 23 heavy (non-hydrogen) atoms. The lowest BCUT2D eigenvalue weighted by Gasteiger charge is -2.10. The fourth-order valence-corrected chi connectivity index (χ4v) is 3.02. The summed E-state index contributed by atoms with van der Waals surface area (Å²) in [7, 11) is -4.43. The second kappa shape index (κ2) is 6.19. The summed E-state index contributed by atoms with van der Waals surface area (Å²) in [5.74, 6) is -0.702. The number of halogens is 1. The molecule has 0 saturated heterocycles. The number of H-pyrrole nitrogens is 1. The Morgan fingerprint density at radius 3 is 2.57 bits per heavy atom. The number of nitrogens with one attached hydrogen (secondary N) is 1. The number of aromatic amines is 1. The summed E-state index contributed by atoms with van der Waals surface area (Å²) < 4.78 is 37.2. The van der Waals surface area contributed by atoms with E-state index in [4.69, 9.17) is 20.9 Å². The van der Waals surface area contributed by atoms with Crippen LogP contribution in [-0.4, -0.2) is 35.3 Å². The van der Waals surface area contributed by atoms with Crippen molar-refractivity contribution in [3.05, 3.63) is 44.8 Å². The summed E-state index contributed by atoms with van der Waals surface area (Å²) in [6, 6.07) is 3.22. The van der Waals surface area contributed by atoms with Crippen molar-refractivity contribution in [2.45, 2.75) is 18.7 Å². The molecule has 2 aromatic rings. The number of carbonyl (C=O) groups excluding carboxylic acids is 1. The Kier molecular flexibility index (Phi) is 4.64. The maximum atomic E-state index is 12.0. The molecule has 8 nitrogen and oxygen atoms in total. The number of ether oxygens (including phenoxy) is 1. The molecule has 10 heteroatoms. The zero-order chi connectivity index (χ0) is 17.4. The van der Waals surface area contributed by atoms with Crippen molar-refractivity contribution in [3.63, 3.8) is 0 Å². The Morgan fingerprint density at radius 2 is 2.04 bits per heavy atom. The van der Waals surface area contributed by atoms with Gasteiger partial charge in [0.25, 0.3) is 15.7 Å². The molecular weight excluding hydrogens is 348 g/mol. The van der Waals surface area contributed by atoms with Crippen molar-refractivity contribution < 1.29 is 22.5 Å². The minimum Gasteiger partial charge on any atom is -0.461 e. The van der Waals surface area contributed by atoms with Gasteiger partial charge in [0.2, 0.25) is 0 Å². The number of rotatable bonds is 4. The average Bonchev–Trinajstić information content (AvgIpc) is 2.79. The van der Waals surface area contributed by atoms with Gasteiger partial charge in [-0.15, -0.1) is 0 Å². The number of hydrogen-bond donors (Lipinski definition) is 2. The van der Waals surface area contributed by atoms with Gasteiger partial charge >= 0.3 is 5.97 Å². The maximum Gasteiger partial charge on any atom is 0.356 e. The molecule has 0 atom stereocenters. The van der Waals surface area contributed by atoms with Crippen LogP contribution in [-0.2, 0) is 14.9 Å². The maximum absolute atomic E-state index is 12.0. The summed E-state index contributed by atoms with van der Waals surface area (Å²) in [6.07, 6.45) is 0. The number of aryl methyl sites for hydroxylation is 1. The van der Waals surface area contributed by atoms with E-state index in [1.807, 2.05) is 0 Å². The highest BCUT2D eigenvalue weighted by Gasteiger charge is 2.19. The van der Waals surface area contributed by atoms with Gasteiger partial charge in [-0.05, 0) is 31.5 Å². The highest BCUT2D eigenvalue weighted by atomic mass is 35.5. The molecule has 2 rings (SSSR count). The van der Waals surface area contributed by atoms with Gasteiger partial charge in [-0.25, -0.2) is 9.48 Å². The molecule has 124 valence electrons. The molecule has 0 radical (unpaired) electrons. The number of aromatic nitrogens is 2. The minimum atomic E-state index is -4.43. The van der Waals surface area contributed by atoms with E-state index < -0.39 is 26.5 Å². The predicted molar refractivity (Wildman–Crippen MR) is 81.9 cm³/mol. The molecule has 0 aliphatic rings. The summed E-state index contributed by atoms with van der Waals surface area (Å²) >= 11 is 6.03. The molecule has 0 bridgehead atoms. The molecule has 0 aliphatic carbocycles. The zero-order valence-electron chi connectivity index (χ0n) is 12.2. The standard InChI is InChI=1S/C13H13ClN2O6S/c1-3-22-13(18)10-6-11(17)16(15-10)12-7(2)4-8(5-9(12)14)23(19,20)21/h4-6,15H,3H2,1-2H3,(H,19,20,21). The van der Waals surface area contributed by atoms with Crippen molar-refractivity contribution in [1.82, 2.24) is 9.78 Å². The van der Waals surface area contributed by atoms with Gasteiger partial charge in [0.15, 0.2) is 0 Å². The van der Waals surface area contributed by atoms with Crippen LogP contribution in [0.1, 0.15) is 23.0 Å². The summed E-state index contributed by atoms with van der Waals surface area (Å²) in [5.41, 5.74) is -0.159. The van der Waals surface area contributed by atoms with Crippen molar-refractivity contribution >= 4 is 27.7 Å². The van der Waals surface area contributed by atoms with Gasteiger partial charge in [-0.1, -0.05) is 11.6 Å². The van der Waals surface area contributed by atoms with Gasteiger partial charge in [0, 0.05) is 6.07 Å². The van der Waals surface area contributed by atoms with E-state index in [1.54, 1.807) is 6.92 Å². The quantitative estimate of drug-likeness (QED) is 0.630. The second-order valence-electron chi connectivity index (χ2n) is 4.61. The van der Waals surface area contributed by atoms with Crippen LogP contribution in [0.25, 0.3) is 5.69 Å². The van der Waals surface area contributed by atoms with Crippen LogP contribution in [0.15, 0.2) is 27.9 Å². The van der Waals surface area contributed by atoms with Gasteiger partial charge in [0.05, 0.1) is 22.2 Å². The van der Waals surface area contributed by atoms with E-state index in [9.17, 15) is 18.0 Å². The first-order chi connectivity index (χ1) is 10.6. The number of benzene rings is 1. The van der Waals surface area contributed by atoms with Crippen LogP contribution in [0.3, 0.4) is 0 Å². The first kappa shape index (κ1) is 17.3. The third-order valence-electron chi connectivity index (χ3n) is 2.96. The van der Waals surface area contributed by atoms with Crippen LogP contribution < -0.4 is 5.56 Å². The second-order valence-corrected chi connectivity index (χ2v) is 6.44. The Bertz CT molecular complexity index is 905. The van der Waals surface area contributed by atoms with E-state index >= 15 is 0 Å². The van der Waals surface area contributed by atoms with Crippen LogP contribution in [0.5, 0.6) is 0 Å². The molecule has 0 aliphatic heterocycles. The van der Waals surface area contributed by atoms with Crippen molar-refractivity contribution in [2.75, 3.05) is 6.61 Å². The van der Waals surface area contributed by atoms with Gasteiger partial charge in [-0.3, -0.25) is 14.4 Å². The summed E-state index contributed by atoms with van der Waals surface area (Å²) in [5, 5.41) is 2.47. The molecule has 1 heterocycles. The number of nitrogens with zero attached hydrogens (tertiary/aromatic N) is 1. The van der Waals surface area contributed by atoms with E-state index in [2.05, 4.69) is 5.10 Å². The molecule has 0 fully saturated rings. The molecule has 2 N–H and O–H groups in total. The normalized spacial score (nSPS) is 11.5. The Balaban J connectivity index is 2.60. The lowest BCUT2D eigenvalue weighted by Crippen LogP contribution is -2.16. The number of hydrogen-bond acceptors (Lipinski definition) is 5. The Morgan fingerprint density at radius 1 is 1.39 bits per heavy atom. The highest BCUT2D eigenvalue weighted by molar-refractivity contribution is 7.85. The average molecular weight is 361 g/mol. The van der Waals surface area contributed by atoms with E-state index in [0.717, 1.165) is 22.9 Å². The van der Waals surface area contributed by atoms with Crippen LogP contribution in [0.2, 0.25) is 5.02 Å². The van der Waals surface area contributed by atoms with Gasteiger partial charge in [-0.2, -0.15) is 8.42 Å². The SMILES string of the molecule is CCOC(=O)c1cc(=O)n(-c2c(C)cc(S(=O)(=O)O)cc2Cl)[nH]1. The van der Waals surface area contributed by atoms with Gasteiger partial charge in [0.1, 0.15) is 5.69 Å². The first-order valence-corrected chi connectivity index (χ1v) is 8.24. The van der Waals surface area contributed by atoms with Gasteiger partial charge < -0.3 is 4.74 Å². The minimum absolute atomic E-state index is 0.0637. The van der Waals surface area contributed by atoms with Crippen molar-refractivity contribution in [3.8, 4) is 5.69 Å². The number of esters is 1. The molecule has 0 amide bonds. The first-order valence-electron chi connectivity index (χ1n) is 6.42. The molecule has 0 spiro atoms. The van der Waals surface area contributed by atoms with E-state index in [0.29, 0.717) is 5.56 Å². The molecule has 0 saturated carbocycles. The summed E-state index contributed by atoms with van der Waals surface area (Å²) in [6.45, 7) is 3.28. The summed E-state index contributed by atoms with van der Waals surface area (Å²) in [4.78, 5) is 23.3. The van der Waals surface area contributed by atoms with E-state index in [1.165, 1.54) is 6.92 Å². The van der Waals surface area contributed by atoms with Crippen molar-refractivity contribution in [1.29, 1.82) is 0 Å².